The summed E-state index contributed by atoms with van der Waals surface area (Å²) in [5.74, 6) is -0.0270. The molecule has 0 atom stereocenters. The average molecular weight is 560 g/mol. The number of nitrogens with two attached hydrogens (primary N) is 1. The number of anilines is 1. The van der Waals surface area contributed by atoms with Gasteiger partial charge in [-0.05, 0) is 60.6 Å². The Morgan fingerprint density at radius 1 is 0.905 bits per heavy atom. The Morgan fingerprint density at radius 2 is 1.69 bits per heavy atom. The van der Waals surface area contributed by atoms with Crippen molar-refractivity contribution >= 4 is 45.4 Å². The van der Waals surface area contributed by atoms with Crippen LogP contribution in [-0.2, 0) is 6.54 Å². The molecule has 1 aromatic heterocycles. The number of nitrogens with zero attached hydrogens (tertiary/aromatic N) is 3. The first-order chi connectivity index (χ1) is 20.4. The molecule has 0 radical (unpaired) electrons. The molecule has 5 aromatic rings. The molecule has 0 bridgehead atoms. The Kier molecular flexibility index (Phi) is 6.17. The molecular formula is C33H29N5O4. The number of nitrogens with one attached hydrogen (secondary N) is 1. The number of aromatic amines is 1. The molecule has 0 spiro atoms. The summed E-state index contributed by atoms with van der Waals surface area (Å²) in [5.41, 5.74) is 11.5. The van der Waals surface area contributed by atoms with Crippen LogP contribution in [0.1, 0.15) is 26.3 Å². The molecule has 4 aromatic carbocycles. The van der Waals surface area contributed by atoms with Gasteiger partial charge in [-0.25, -0.2) is 4.79 Å². The van der Waals surface area contributed by atoms with Crippen LogP contribution in [0, 0.1) is 0 Å². The Hall–Kier alpha value is -5.15. The monoisotopic (exact) mass is 559 g/mol. The van der Waals surface area contributed by atoms with Gasteiger partial charge in [0.05, 0.1) is 17.6 Å². The van der Waals surface area contributed by atoms with Gasteiger partial charge in [0.25, 0.3) is 11.8 Å². The van der Waals surface area contributed by atoms with Crippen LogP contribution >= 0.6 is 0 Å². The fourth-order valence-electron chi connectivity index (χ4n) is 5.94. The third-order valence-corrected chi connectivity index (χ3v) is 8.24. The molecule has 0 aliphatic carbocycles. The minimum absolute atomic E-state index is 0.00814. The number of fused-ring (bicyclic) bond motifs is 4. The van der Waals surface area contributed by atoms with E-state index in [-0.39, 0.29) is 5.91 Å². The van der Waals surface area contributed by atoms with Crippen molar-refractivity contribution < 1.29 is 19.1 Å². The highest BCUT2D eigenvalue weighted by Gasteiger charge is 2.27. The predicted octanol–water partition coefficient (Wildman–Crippen LogP) is 4.99. The van der Waals surface area contributed by atoms with E-state index >= 15 is 0 Å². The standard InChI is InChI=1S/C33H29N5O4/c1-36-13-15-37(16-14-36)32(40)21-7-9-25-27(18-21)35-30-26(31(34)39)11-10-24(29(25)30)20-8-12-28-22(17-20)19-38(33(41)42-28)23-5-3-2-4-6-23/h2-12,17-18,35H,13-16,19H2,1H3,(H2,34,39). The molecule has 0 unspecified atom stereocenters. The first-order valence-electron chi connectivity index (χ1n) is 13.9. The second-order valence-corrected chi connectivity index (χ2v) is 10.9. The van der Waals surface area contributed by atoms with Crippen molar-refractivity contribution in [1.29, 1.82) is 0 Å². The zero-order valence-electron chi connectivity index (χ0n) is 23.1. The van der Waals surface area contributed by atoms with Crippen LogP contribution in [0.25, 0.3) is 32.9 Å². The second kappa shape index (κ2) is 10.0. The van der Waals surface area contributed by atoms with Crippen LogP contribution in [0.3, 0.4) is 0 Å². The minimum Gasteiger partial charge on any atom is -0.410 e. The summed E-state index contributed by atoms with van der Waals surface area (Å²) < 4.78 is 5.66. The SMILES string of the molecule is CN1CCN(C(=O)c2ccc3c(c2)[nH]c2c(C(N)=O)ccc(-c4ccc5c(c4)CN(c4ccccc4)C(=O)O5)c23)CC1. The molecule has 3 N–H and O–H groups in total. The number of piperazine rings is 1. The highest BCUT2D eigenvalue weighted by Crippen LogP contribution is 2.39. The summed E-state index contributed by atoms with van der Waals surface area (Å²) >= 11 is 0. The zero-order valence-corrected chi connectivity index (χ0v) is 23.1. The van der Waals surface area contributed by atoms with Gasteiger partial charge >= 0.3 is 6.09 Å². The maximum atomic E-state index is 13.3. The number of carbonyl (C=O) groups excluding carboxylic acids is 3. The summed E-state index contributed by atoms with van der Waals surface area (Å²) in [6.07, 6.45) is -0.423. The van der Waals surface area contributed by atoms with Crippen LogP contribution in [0.5, 0.6) is 5.75 Å². The number of aromatic nitrogens is 1. The molecule has 42 heavy (non-hydrogen) atoms. The van der Waals surface area contributed by atoms with Crippen LogP contribution < -0.4 is 15.4 Å². The van der Waals surface area contributed by atoms with Crippen LogP contribution in [0.4, 0.5) is 10.5 Å². The van der Waals surface area contributed by atoms with Crippen molar-refractivity contribution in [1.82, 2.24) is 14.8 Å². The van der Waals surface area contributed by atoms with Crippen molar-refractivity contribution in [3.63, 3.8) is 0 Å². The predicted molar refractivity (Wildman–Crippen MR) is 162 cm³/mol. The topological polar surface area (TPSA) is 112 Å². The van der Waals surface area contributed by atoms with Crippen molar-refractivity contribution in [3.05, 3.63) is 95.6 Å². The minimum atomic E-state index is -0.539. The number of hydrogen-bond donors (Lipinski definition) is 2. The van der Waals surface area contributed by atoms with E-state index in [9.17, 15) is 14.4 Å². The van der Waals surface area contributed by atoms with Crippen molar-refractivity contribution in [2.24, 2.45) is 5.73 Å². The summed E-state index contributed by atoms with van der Waals surface area (Å²) in [6, 6.07) is 24.4. The van der Waals surface area contributed by atoms with E-state index in [2.05, 4.69) is 16.9 Å². The quantitative estimate of drug-likeness (QED) is 0.322. The molecule has 7 rings (SSSR count). The Labute approximate surface area is 242 Å². The van der Waals surface area contributed by atoms with Gasteiger partial charge in [-0.15, -0.1) is 0 Å². The van der Waals surface area contributed by atoms with Gasteiger partial charge in [-0.2, -0.15) is 0 Å². The summed E-state index contributed by atoms with van der Waals surface area (Å²) in [4.78, 5) is 47.5. The third kappa shape index (κ3) is 4.35. The van der Waals surface area contributed by atoms with E-state index in [1.165, 1.54) is 0 Å². The van der Waals surface area contributed by atoms with Gasteiger partial charge in [0.2, 0.25) is 0 Å². The third-order valence-electron chi connectivity index (χ3n) is 8.24. The van der Waals surface area contributed by atoms with E-state index in [1.54, 1.807) is 17.0 Å². The van der Waals surface area contributed by atoms with Crippen molar-refractivity contribution in [2.45, 2.75) is 6.54 Å². The maximum absolute atomic E-state index is 13.3. The fraction of sp³-hybridized carbons (Fsp3) is 0.182. The zero-order chi connectivity index (χ0) is 29.0. The molecule has 0 saturated carbocycles. The Bertz CT molecular complexity index is 1890. The average Bonchev–Trinajstić information content (AvgIpc) is 3.39. The summed E-state index contributed by atoms with van der Waals surface area (Å²) in [7, 11) is 2.06. The molecule has 1 saturated heterocycles. The first-order valence-corrected chi connectivity index (χ1v) is 13.9. The van der Waals surface area contributed by atoms with Crippen molar-refractivity contribution in [2.75, 3.05) is 38.1 Å². The highest BCUT2D eigenvalue weighted by molar-refractivity contribution is 6.20. The van der Waals surface area contributed by atoms with E-state index in [0.29, 0.717) is 42.0 Å². The molecule has 3 amide bonds. The fourth-order valence-corrected chi connectivity index (χ4v) is 5.94. The molecule has 2 aliphatic heterocycles. The van der Waals surface area contributed by atoms with E-state index in [1.807, 2.05) is 71.6 Å². The summed E-state index contributed by atoms with van der Waals surface area (Å²) in [5, 5.41) is 1.72. The van der Waals surface area contributed by atoms with Gasteiger partial charge in [0.15, 0.2) is 0 Å². The van der Waals surface area contributed by atoms with E-state index in [0.717, 1.165) is 51.8 Å². The number of hydrogen-bond acceptors (Lipinski definition) is 5. The number of likely N-dealkylation sites (N-methyl/N-ethyl adjacent to an activating group) is 1. The van der Waals surface area contributed by atoms with Crippen LogP contribution in [0.2, 0.25) is 0 Å². The molecule has 1 fully saturated rings. The second-order valence-electron chi connectivity index (χ2n) is 10.9. The van der Waals surface area contributed by atoms with Gasteiger partial charge in [0, 0.05) is 59.3 Å². The van der Waals surface area contributed by atoms with Gasteiger partial charge in [-0.1, -0.05) is 36.4 Å². The molecular weight excluding hydrogens is 530 g/mol. The number of para-hydroxylation sites is 1. The number of H-pyrrole nitrogens is 1. The van der Waals surface area contributed by atoms with E-state index in [4.69, 9.17) is 10.5 Å². The first kappa shape index (κ1) is 25.8. The Morgan fingerprint density at radius 3 is 2.45 bits per heavy atom. The number of amides is 3. The number of benzene rings is 4. The number of ether oxygens (including phenoxy) is 1. The largest absolute Gasteiger partial charge is 0.420 e. The number of rotatable bonds is 4. The number of primary amides is 1. The lowest BCUT2D eigenvalue weighted by molar-refractivity contribution is 0.0664. The lowest BCUT2D eigenvalue weighted by Crippen LogP contribution is -2.47. The summed E-state index contributed by atoms with van der Waals surface area (Å²) in [6.45, 7) is 3.42. The highest BCUT2D eigenvalue weighted by atomic mass is 16.6. The molecule has 9 nitrogen and oxygen atoms in total. The normalized spacial score (nSPS) is 15.6. The Balaban J connectivity index is 1.32. The lowest BCUT2D eigenvalue weighted by Gasteiger charge is -2.32. The van der Waals surface area contributed by atoms with Gasteiger partial charge in [-0.3, -0.25) is 14.5 Å². The number of carbonyl (C=O) groups is 3. The van der Waals surface area contributed by atoms with Gasteiger partial charge < -0.3 is 25.3 Å². The molecule has 2 aliphatic rings. The van der Waals surface area contributed by atoms with Crippen LogP contribution in [-0.4, -0.2) is 65.9 Å². The smallest absolute Gasteiger partial charge is 0.410 e. The molecule has 9 heteroatoms. The van der Waals surface area contributed by atoms with E-state index < -0.39 is 12.0 Å². The molecule has 210 valence electrons. The van der Waals surface area contributed by atoms with Crippen LogP contribution in [0.15, 0.2) is 78.9 Å². The molecule has 3 heterocycles. The maximum Gasteiger partial charge on any atom is 0.420 e. The van der Waals surface area contributed by atoms with Crippen molar-refractivity contribution in [3.8, 4) is 16.9 Å². The van der Waals surface area contributed by atoms with Gasteiger partial charge in [0.1, 0.15) is 5.75 Å². The lowest BCUT2D eigenvalue weighted by atomic mass is 9.95.